The second kappa shape index (κ2) is 3.25. The van der Waals surface area contributed by atoms with Gasteiger partial charge in [0.15, 0.2) is 0 Å². The molecule has 2 rings (SSSR count). The van der Waals surface area contributed by atoms with Crippen molar-refractivity contribution in [1.82, 2.24) is 15.2 Å². The second-order valence-corrected chi connectivity index (χ2v) is 3.53. The minimum Gasteiger partial charge on any atom is -0.282 e. The normalized spacial score (nSPS) is 10.5. The molecule has 0 fully saturated rings. The predicted octanol–water partition coefficient (Wildman–Crippen LogP) is 2.40. The maximum atomic E-state index is 4.38. The van der Waals surface area contributed by atoms with Crippen LogP contribution in [0.2, 0.25) is 0 Å². The second-order valence-electron chi connectivity index (χ2n) is 3.53. The third kappa shape index (κ3) is 1.41. The summed E-state index contributed by atoms with van der Waals surface area (Å²) in [6, 6.07) is 4.09. The van der Waals surface area contributed by atoms with Crippen LogP contribution in [-0.2, 0) is 0 Å². The van der Waals surface area contributed by atoms with E-state index in [0.717, 1.165) is 22.6 Å². The molecule has 0 radical (unpaired) electrons. The molecule has 0 aromatic carbocycles. The summed E-state index contributed by atoms with van der Waals surface area (Å²) in [4.78, 5) is 4.38. The third-order valence-corrected chi connectivity index (χ3v) is 2.30. The van der Waals surface area contributed by atoms with Gasteiger partial charge in [0, 0.05) is 17.5 Å². The van der Waals surface area contributed by atoms with Crippen LogP contribution in [0, 0.1) is 20.8 Å². The van der Waals surface area contributed by atoms with Gasteiger partial charge in [0.05, 0.1) is 11.4 Å². The number of nitrogens with zero attached hydrogens (tertiary/aromatic N) is 2. The van der Waals surface area contributed by atoms with E-state index in [1.807, 2.05) is 33.0 Å². The van der Waals surface area contributed by atoms with Crippen molar-refractivity contribution in [2.75, 3.05) is 0 Å². The van der Waals surface area contributed by atoms with E-state index < -0.39 is 0 Å². The summed E-state index contributed by atoms with van der Waals surface area (Å²) in [7, 11) is 0. The summed E-state index contributed by atoms with van der Waals surface area (Å²) in [5.74, 6) is 0. The molecule has 2 aromatic heterocycles. The van der Waals surface area contributed by atoms with Crippen molar-refractivity contribution in [3.63, 3.8) is 0 Å². The fraction of sp³-hybridized carbons (Fsp3) is 0.273. The van der Waals surface area contributed by atoms with Crippen molar-refractivity contribution in [1.29, 1.82) is 0 Å². The Bertz CT molecular complexity index is 421. The maximum Gasteiger partial charge on any atom is 0.0739 e. The summed E-state index contributed by atoms with van der Waals surface area (Å²) in [6.07, 6.45) is 1.88. The summed E-state index contributed by atoms with van der Waals surface area (Å²) in [6.45, 7) is 6.03. The van der Waals surface area contributed by atoms with Gasteiger partial charge in [-0.3, -0.25) is 10.1 Å². The van der Waals surface area contributed by atoms with Gasteiger partial charge in [-0.1, -0.05) is 6.07 Å². The lowest BCUT2D eigenvalue weighted by atomic mass is 10.1. The van der Waals surface area contributed by atoms with Crippen LogP contribution < -0.4 is 0 Å². The van der Waals surface area contributed by atoms with Gasteiger partial charge in [-0.2, -0.15) is 5.10 Å². The van der Waals surface area contributed by atoms with Crippen molar-refractivity contribution < 1.29 is 0 Å². The average molecular weight is 187 g/mol. The van der Waals surface area contributed by atoms with Gasteiger partial charge in [0.1, 0.15) is 0 Å². The number of hydrogen-bond acceptors (Lipinski definition) is 2. The molecule has 0 atom stereocenters. The zero-order chi connectivity index (χ0) is 10.1. The monoisotopic (exact) mass is 187 g/mol. The fourth-order valence-electron chi connectivity index (χ4n) is 1.54. The molecule has 0 amide bonds. The first-order chi connectivity index (χ1) is 6.68. The Hall–Kier alpha value is -1.64. The maximum absolute atomic E-state index is 4.38. The van der Waals surface area contributed by atoms with Gasteiger partial charge < -0.3 is 0 Å². The highest BCUT2D eigenvalue weighted by Crippen LogP contribution is 2.22. The molecule has 0 saturated carbocycles. The molecule has 0 saturated heterocycles. The topological polar surface area (TPSA) is 41.6 Å². The lowest BCUT2D eigenvalue weighted by Gasteiger charge is -2.00. The van der Waals surface area contributed by atoms with Gasteiger partial charge in [0.25, 0.3) is 0 Å². The molecule has 0 aliphatic heterocycles. The Balaban J connectivity index is 2.54. The number of aromatic nitrogens is 3. The molecule has 72 valence electrons. The minimum atomic E-state index is 0.986. The molecule has 3 nitrogen and oxygen atoms in total. The Morgan fingerprint density at radius 3 is 2.43 bits per heavy atom. The van der Waals surface area contributed by atoms with Crippen molar-refractivity contribution in [2.45, 2.75) is 20.8 Å². The van der Waals surface area contributed by atoms with Gasteiger partial charge in [0.2, 0.25) is 0 Å². The van der Waals surface area contributed by atoms with E-state index >= 15 is 0 Å². The molecular formula is C11H13N3. The number of rotatable bonds is 1. The lowest BCUT2D eigenvalue weighted by molar-refractivity contribution is 1.02. The number of aromatic amines is 1. The highest BCUT2D eigenvalue weighted by molar-refractivity contribution is 5.64. The largest absolute Gasteiger partial charge is 0.282 e. The molecule has 1 N–H and O–H groups in total. The molecule has 3 heteroatoms. The summed E-state index contributed by atoms with van der Waals surface area (Å²) < 4.78 is 0. The van der Waals surface area contributed by atoms with E-state index in [1.54, 1.807) is 0 Å². The van der Waals surface area contributed by atoms with Gasteiger partial charge in [-0.25, -0.2) is 0 Å². The van der Waals surface area contributed by atoms with Crippen molar-refractivity contribution in [3.8, 4) is 11.3 Å². The zero-order valence-corrected chi connectivity index (χ0v) is 8.63. The Morgan fingerprint density at radius 2 is 1.93 bits per heavy atom. The van der Waals surface area contributed by atoms with Crippen LogP contribution in [0.1, 0.15) is 17.0 Å². The first-order valence-corrected chi connectivity index (χ1v) is 4.63. The Morgan fingerprint density at radius 1 is 1.14 bits per heavy atom. The van der Waals surface area contributed by atoms with Gasteiger partial charge >= 0.3 is 0 Å². The van der Waals surface area contributed by atoms with Gasteiger partial charge in [-0.15, -0.1) is 0 Å². The average Bonchev–Trinajstić information content (AvgIpc) is 2.49. The predicted molar refractivity (Wildman–Crippen MR) is 56.0 cm³/mol. The molecule has 0 aliphatic rings. The van der Waals surface area contributed by atoms with Gasteiger partial charge in [-0.05, 0) is 32.4 Å². The minimum absolute atomic E-state index is 0.986. The van der Waals surface area contributed by atoms with Crippen LogP contribution in [0.25, 0.3) is 11.3 Å². The molecule has 0 unspecified atom stereocenters. The summed E-state index contributed by atoms with van der Waals surface area (Å²) in [5, 5.41) is 7.11. The first-order valence-electron chi connectivity index (χ1n) is 4.63. The van der Waals surface area contributed by atoms with Crippen LogP contribution in [-0.4, -0.2) is 15.2 Å². The third-order valence-electron chi connectivity index (χ3n) is 2.30. The number of nitrogens with one attached hydrogen (secondary N) is 1. The molecule has 0 bridgehead atoms. The SMILES string of the molecule is Cc1ccc(-c2c(C)n[nH]c2C)nc1. The van der Waals surface area contributed by atoms with Crippen LogP contribution in [0.15, 0.2) is 18.3 Å². The van der Waals surface area contributed by atoms with Crippen molar-refractivity contribution >= 4 is 0 Å². The van der Waals surface area contributed by atoms with Crippen molar-refractivity contribution in [3.05, 3.63) is 35.3 Å². The van der Waals surface area contributed by atoms with E-state index in [2.05, 4.69) is 21.2 Å². The number of pyridine rings is 1. The zero-order valence-electron chi connectivity index (χ0n) is 8.63. The van der Waals surface area contributed by atoms with Crippen molar-refractivity contribution in [2.24, 2.45) is 0 Å². The van der Waals surface area contributed by atoms with Crippen LogP contribution in [0.4, 0.5) is 0 Å². The van der Waals surface area contributed by atoms with E-state index in [1.165, 1.54) is 5.56 Å². The number of H-pyrrole nitrogens is 1. The lowest BCUT2D eigenvalue weighted by Crippen LogP contribution is -1.86. The van der Waals surface area contributed by atoms with E-state index in [0.29, 0.717) is 0 Å². The molecule has 2 heterocycles. The van der Waals surface area contributed by atoms with Crippen LogP contribution in [0.3, 0.4) is 0 Å². The Kier molecular flexibility index (Phi) is 2.08. The van der Waals surface area contributed by atoms with Crippen LogP contribution >= 0.6 is 0 Å². The molecule has 0 spiro atoms. The number of hydrogen-bond donors (Lipinski definition) is 1. The molecule has 14 heavy (non-hydrogen) atoms. The quantitative estimate of drug-likeness (QED) is 0.744. The van der Waals surface area contributed by atoms with E-state index in [-0.39, 0.29) is 0 Å². The fourth-order valence-corrected chi connectivity index (χ4v) is 1.54. The first kappa shape index (κ1) is 8.94. The highest BCUT2D eigenvalue weighted by atomic mass is 15.1. The molecule has 2 aromatic rings. The summed E-state index contributed by atoms with van der Waals surface area (Å²) in [5.41, 5.74) is 5.34. The summed E-state index contributed by atoms with van der Waals surface area (Å²) >= 11 is 0. The highest BCUT2D eigenvalue weighted by Gasteiger charge is 2.09. The van der Waals surface area contributed by atoms with E-state index in [9.17, 15) is 0 Å². The Labute approximate surface area is 83.2 Å². The smallest absolute Gasteiger partial charge is 0.0739 e. The number of aryl methyl sites for hydroxylation is 3. The molecule has 0 aliphatic carbocycles. The van der Waals surface area contributed by atoms with E-state index in [4.69, 9.17) is 0 Å². The molecular weight excluding hydrogens is 174 g/mol. The van der Waals surface area contributed by atoms with Crippen LogP contribution in [0.5, 0.6) is 0 Å². The standard InChI is InChI=1S/C11H13N3/c1-7-4-5-10(12-6-7)11-8(2)13-14-9(11)3/h4-6H,1-3H3,(H,13,14).